The van der Waals surface area contributed by atoms with Gasteiger partial charge in [-0.3, -0.25) is 4.79 Å². The molecule has 0 fully saturated rings. The summed E-state index contributed by atoms with van der Waals surface area (Å²) in [6, 6.07) is 9.52. The highest BCUT2D eigenvalue weighted by Crippen LogP contribution is 2.26. The Bertz CT molecular complexity index is 568. The highest BCUT2D eigenvalue weighted by Gasteiger charge is 2.04. The van der Waals surface area contributed by atoms with Gasteiger partial charge in [0.25, 0.3) is 5.56 Å². The molecule has 0 saturated carbocycles. The Hall–Kier alpha value is -1.59. The molecule has 2 N–H and O–H groups in total. The molecule has 1 aromatic heterocycles. The highest BCUT2D eigenvalue weighted by molar-refractivity contribution is 7.99. The van der Waals surface area contributed by atoms with Crippen LogP contribution in [0.3, 0.4) is 0 Å². The van der Waals surface area contributed by atoms with Crippen molar-refractivity contribution in [3.05, 3.63) is 52.4 Å². The molecule has 0 unspecified atom stereocenters. The largest absolute Gasteiger partial charge is 0.313 e. The zero-order valence-corrected chi connectivity index (χ0v) is 11.0. The Kier molecular flexibility index (Phi) is 4.55. The summed E-state index contributed by atoms with van der Waals surface area (Å²) in [5, 5.41) is 3.91. The fraction of sp³-hybridized carbons (Fsp3) is 0.231. The van der Waals surface area contributed by atoms with E-state index in [-0.39, 0.29) is 5.56 Å². The van der Waals surface area contributed by atoms with Gasteiger partial charge in [0.2, 0.25) is 0 Å². The Morgan fingerprint density at radius 1 is 1.33 bits per heavy atom. The zero-order valence-electron chi connectivity index (χ0n) is 10.1. The van der Waals surface area contributed by atoms with Gasteiger partial charge in [0.05, 0.1) is 0 Å². The average molecular weight is 261 g/mol. The molecule has 0 atom stereocenters. The van der Waals surface area contributed by atoms with Crippen LogP contribution in [0.1, 0.15) is 12.5 Å². The van der Waals surface area contributed by atoms with Gasteiger partial charge in [-0.15, -0.1) is 0 Å². The molecule has 2 aromatic rings. The van der Waals surface area contributed by atoms with Crippen molar-refractivity contribution in [2.75, 3.05) is 6.54 Å². The van der Waals surface area contributed by atoms with Gasteiger partial charge >= 0.3 is 0 Å². The van der Waals surface area contributed by atoms with Gasteiger partial charge in [0.15, 0.2) is 5.16 Å². The van der Waals surface area contributed by atoms with Crippen LogP contribution in [0, 0.1) is 0 Å². The number of aromatic amines is 1. The fourth-order valence-corrected chi connectivity index (χ4v) is 2.41. The standard InChI is InChI=1S/C13H15N3OS/c1-2-14-9-10-5-3-4-6-11(10)18-13-15-8-7-12(17)16-13/h3-8,14H,2,9H2,1H3,(H,15,16,17). The second kappa shape index (κ2) is 6.37. The summed E-state index contributed by atoms with van der Waals surface area (Å²) >= 11 is 1.47. The quantitative estimate of drug-likeness (QED) is 0.809. The fourth-order valence-electron chi connectivity index (χ4n) is 1.52. The van der Waals surface area contributed by atoms with E-state index in [9.17, 15) is 4.79 Å². The van der Waals surface area contributed by atoms with E-state index >= 15 is 0 Å². The lowest BCUT2D eigenvalue weighted by molar-refractivity contribution is 0.718. The minimum Gasteiger partial charge on any atom is -0.313 e. The molecule has 1 heterocycles. The molecule has 5 heteroatoms. The average Bonchev–Trinajstić information content (AvgIpc) is 2.38. The first kappa shape index (κ1) is 12.9. The molecular weight excluding hydrogens is 246 g/mol. The predicted molar refractivity (Wildman–Crippen MR) is 72.8 cm³/mol. The van der Waals surface area contributed by atoms with Gasteiger partial charge in [0.1, 0.15) is 0 Å². The molecule has 0 saturated heterocycles. The summed E-state index contributed by atoms with van der Waals surface area (Å²) in [6.07, 6.45) is 1.52. The number of benzene rings is 1. The van der Waals surface area contributed by atoms with Crippen molar-refractivity contribution in [1.82, 2.24) is 15.3 Å². The lowest BCUT2D eigenvalue weighted by Crippen LogP contribution is -2.12. The normalized spacial score (nSPS) is 10.5. The number of nitrogens with one attached hydrogen (secondary N) is 2. The highest BCUT2D eigenvalue weighted by atomic mass is 32.2. The minimum absolute atomic E-state index is 0.128. The van der Waals surface area contributed by atoms with Crippen LogP contribution < -0.4 is 10.9 Å². The third kappa shape index (κ3) is 3.45. The lowest BCUT2D eigenvalue weighted by Gasteiger charge is -2.08. The van der Waals surface area contributed by atoms with Crippen molar-refractivity contribution in [3.8, 4) is 0 Å². The van der Waals surface area contributed by atoms with Crippen molar-refractivity contribution in [1.29, 1.82) is 0 Å². The Morgan fingerprint density at radius 2 is 2.17 bits per heavy atom. The van der Waals surface area contributed by atoms with Crippen LogP contribution in [0.5, 0.6) is 0 Å². The topological polar surface area (TPSA) is 57.8 Å². The maximum absolute atomic E-state index is 11.2. The zero-order chi connectivity index (χ0) is 12.8. The lowest BCUT2D eigenvalue weighted by atomic mass is 10.2. The molecule has 4 nitrogen and oxygen atoms in total. The number of aromatic nitrogens is 2. The van der Waals surface area contributed by atoms with Crippen molar-refractivity contribution < 1.29 is 0 Å². The molecule has 18 heavy (non-hydrogen) atoms. The van der Waals surface area contributed by atoms with Crippen LogP contribution in [0.15, 0.2) is 51.4 Å². The summed E-state index contributed by atoms with van der Waals surface area (Å²) in [6.45, 7) is 3.82. The predicted octanol–water partition coefficient (Wildman–Crippen LogP) is 2.03. The molecule has 0 bridgehead atoms. The van der Waals surface area contributed by atoms with Crippen molar-refractivity contribution in [3.63, 3.8) is 0 Å². The Morgan fingerprint density at radius 3 is 2.94 bits per heavy atom. The number of nitrogens with zero attached hydrogens (tertiary/aromatic N) is 1. The van der Waals surface area contributed by atoms with Crippen LogP contribution >= 0.6 is 11.8 Å². The van der Waals surface area contributed by atoms with Crippen LogP contribution in [0.2, 0.25) is 0 Å². The summed E-state index contributed by atoms with van der Waals surface area (Å²) in [5.41, 5.74) is 1.08. The second-order valence-electron chi connectivity index (χ2n) is 3.73. The molecule has 2 rings (SSSR count). The van der Waals surface area contributed by atoms with Crippen LogP contribution in [0.4, 0.5) is 0 Å². The van der Waals surface area contributed by atoms with E-state index in [2.05, 4.69) is 28.3 Å². The first-order valence-corrected chi connectivity index (χ1v) is 6.63. The summed E-state index contributed by atoms with van der Waals surface area (Å²) in [5.74, 6) is 0. The van der Waals surface area contributed by atoms with Crippen LogP contribution in [-0.4, -0.2) is 16.5 Å². The molecule has 0 aliphatic heterocycles. The summed E-state index contributed by atoms with van der Waals surface area (Å²) in [4.78, 5) is 19.2. The van der Waals surface area contributed by atoms with E-state index < -0.39 is 0 Å². The van der Waals surface area contributed by atoms with Crippen LogP contribution in [-0.2, 0) is 6.54 Å². The molecular formula is C13H15N3OS. The van der Waals surface area contributed by atoms with Crippen LogP contribution in [0.25, 0.3) is 0 Å². The van der Waals surface area contributed by atoms with E-state index in [1.807, 2.05) is 18.2 Å². The van der Waals surface area contributed by atoms with E-state index in [1.165, 1.54) is 29.6 Å². The Labute approximate surface area is 110 Å². The summed E-state index contributed by atoms with van der Waals surface area (Å²) < 4.78 is 0. The van der Waals surface area contributed by atoms with Gasteiger partial charge < -0.3 is 10.3 Å². The van der Waals surface area contributed by atoms with Crippen molar-refractivity contribution in [2.24, 2.45) is 0 Å². The van der Waals surface area contributed by atoms with E-state index in [4.69, 9.17) is 0 Å². The van der Waals surface area contributed by atoms with E-state index in [1.54, 1.807) is 0 Å². The van der Waals surface area contributed by atoms with Gasteiger partial charge in [-0.1, -0.05) is 36.9 Å². The molecule has 0 radical (unpaired) electrons. The number of rotatable bonds is 5. The third-order valence-corrected chi connectivity index (χ3v) is 3.41. The van der Waals surface area contributed by atoms with Gasteiger partial charge in [-0.25, -0.2) is 4.98 Å². The second-order valence-corrected chi connectivity index (χ2v) is 4.76. The van der Waals surface area contributed by atoms with E-state index in [0.717, 1.165) is 18.0 Å². The van der Waals surface area contributed by atoms with Gasteiger partial charge in [0, 0.05) is 23.7 Å². The monoisotopic (exact) mass is 261 g/mol. The smallest absolute Gasteiger partial charge is 0.251 e. The maximum atomic E-state index is 11.2. The Balaban J connectivity index is 2.20. The maximum Gasteiger partial charge on any atom is 0.251 e. The first-order chi connectivity index (χ1) is 8.79. The summed E-state index contributed by atoms with van der Waals surface area (Å²) in [7, 11) is 0. The third-order valence-electron chi connectivity index (χ3n) is 2.39. The minimum atomic E-state index is -0.128. The molecule has 1 aromatic carbocycles. The van der Waals surface area contributed by atoms with Crippen molar-refractivity contribution >= 4 is 11.8 Å². The van der Waals surface area contributed by atoms with Gasteiger partial charge in [-0.2, -0.15) is 0 Å². The number of hydrogen-bond donors (Lipinski definition) is 2. The van der Waals surface area contributed by atoms with Crippen molar-refractivity contribution in [2.45, 2.75) is 23.5 Å². The van der Waals surface area contributed by atoms with E-state index in [0.29, 0.717) is 5.16 Å². The first-order valence-electron chi connectivity index (χ1n) is 5.81. The molecule has 0 spiro atoms. The SMILES string of the molecule is CCNCc1ccccc1Sc1nccc(=O)[nH]1. The molecule has 0 aliphatic rings. The number of H-pyrrole nitrogens is 1. The van der Waals surface area contributed by atoms with Gasteiger partial charge in [-0.05, 0) is 18.2 Å². The molecule has 0 aliphatic carbocycles. The molecule has 0 amide bonds. The number of hydrogen-bond acceptors (Lipinski definition) is 4. The molecule has 94 valence electrons.